The third-order valence-corrected chi connectivity index (χ3v) is 3.07. The molecule has 1 aliphatic rings. The summed E-state index contributed by atoms with van der Waals surface area (Å²) in [6.07, 6.45) is 0. The van der Waals surface area contributed by atoms with E-state index in [-0.39, 0.29) is 0 Å². The summed E-state index contributed by atoms with van der Waals surface area (Å²) in [5.41, 5.74) is 2.41. The Morgan fingerprint density at radius 3 is 2.56 bits per heavy atom. The van der Waals surface area contributed by atoms with Crippen molar-refractivity contribution in [2.45, 2.75) is 6.61 Å². The maximum atomic E-state index is 5.15. The Bertz CT molecular complexity index is 335. The minimum absolute atomic E-state index is 0.475. The number of nitrogens with two attached hydrogens (primary N) is 1. The van der Waals surface area contributed by atoms with Gasteiger partial charge in [0.1, 0.15) is 0 Å². The summed E-state index contributed by atoms with van der Waals surface area (Å²) in [5, 5.41) is 0. The van der Waals surface area contributed by atoms with Gasteiger partial charge in [0.25, 0.3) is 0 Å². The van der Waals surface area contributed by atoms with E-state index in [4.69, 9.17) is 10.7 Å². The number of rotatable bonds is 3. The van der Waals surface area contributed by atoms with E-state index < -0.39 is 0 Å². The van der Waals surface area contributed by atoms with Crippen molar-refractivity contribution in [1.82, 2.24) is 4.90 Å². The van der Waals surface area contributed by atoms with Crippen molar-refractivity contribution in [2.24, 2.45) is 5.90 Å². The largest absolute Gasteiger partial charge is 0.369 e. The van der Waals surface area contributed by atoms with Crippen molar-refractivity contribution in [3.05, 3.63) is 29.8 Å². The fraction of sp³-hybridized carbons (Fsp3) is 0.500. The first-order valence-electron chi connectivity index (χ1n) is 5.64. The molecule has 1 aromatic carbocycles. The monoisotopic (exact) mass is 221 g/mol. The number of likely N-dealkylation sites (N-methyl/N-ethyl adjacent to an activating group) is 1. The molecule has 0 amide bonds. The maximum Gasteiger partial charge on any atom is 0.0950 e. The third-order valence-electron chi connectivity index (χ3n) is 3.07. The van der Waals surface area contributed by atoms with Crippen LogP contribution in [-0.4, -0.2) is 38.1 Å². The second-order valence-electron chi connectivity index (χ2n) is 4.23. The van der Waals surface area contributed by atoms with Gasteiger partial charge in [0.15, 0.2) is 0 Å². The van der Waals surface area contributed by atoms with Gasteiger partial charge in [-0.25, -0.2) is 5.90 Å². The lowest BCUT2D eigenvalue weighted by atomic mass is 10.1. The van der Waals surface area contributed by atoms with Crippen molar-refractivity contribution in [3.8, 4) is 0 Å². The number of piperazine rings is 1. The molecule has 0 radical (unpaired) electrons. The molecule has 0 atom stereocenters. The van der Waals surface area contributed by atoms with Crippen molar-refractivity contribution >= 4 is 5.69 Å². The number of hydrogen-bond donors (Lipinski definition) is 1. The van der Waals surface area contributed by atoms with Crippen LogP contribution < -0.4 is 10.8 Å². The summed E-state index contributed by atoms with van der Waals surface area (Å²) in [7, 11) is 2.16. The molecule has 1 aliphatic heterocycles. The van der Waals surface area contributed by atoms with Crippen LogP contribution in [0.25, 0.3) is 0 Å². The average Bonchev–Trinajstić information content (AvgIpc) is 2.32. The van der Waals surface area contributed by atoms with Gasteiger partial charge in [0, 0.05) is 37.4 Å². The molecule has 16 heavy (non-hydrogen) atoms. The van der Waals surface area contributed by atoms with Crippen molar-refractivity contribution < 1.29 is 4.84 Å². The van der Waals surface area contributed by atoms with Gasteiger partial charge >= 0.3 is 0 Å². The van der Waals surface area contributed by atoms with Gasteiger partial charge in [-0.2, -0.15) is 0 Å². The minimum atomic E-state index is 0.475. The maximum absolute atomic E-state index is 5.15. The zero-order valence-corrected chi connectivity index (χ0v) is 9.72. The number of benzene rings is 1. The number of anilines is 1. The fourth-order valence-corrected chi connectivity index (χ4v) is 2.08. The van der Waals surface area contributed by atoms with Gasteiger partial charge in [-0.3, -0.25) is 4.84 Å². The van der Waals surface area contributed by atoms with E-state index in [1.807, 2.05) is 6.07 Å². The van der Waals surface area contributed by atoms with Crippen LogP contribution in [0.4, 0.5) is 5.69 Å². The molecule has 0 aromatic heterocycles. The molecule has 0 unspecified atom stereocenters. The van der Waals surface area contributed by atoms with Gasteiger partial charge in [-0.15, -0.1) is 0 Å². The lowest BCUT2D eigenvalue weighted by Gasteiger charge is -2.35. The van der Waals surface area contributed by atoms with E-state index in [9.17, 15) is 0 Å². The van der Waals surface area contributed by atoms with Gasteiger partial charge in [0.2, 0.25) is 0 Å². The summed E-state index contributed by atoms with van der Waals surface area (Å²) in [6.45, 7) is 4.83. The highest BCUT2D eigenvalue weighted by molar-refractivity contribution is 5.53. The van der Waals surface area contributed by atoms with Crippen LogP contribution in [0.2, 0.25) is 0 Å². The Morgan fingerprint density at radius 1 is 1.19 bits per heavy atom. The van der Waals surface area contributed by atoms with E-state index in [0.29, 0.717) is 6.61 Å². The Balaban J connectivity index is 2.13. The molecule has 0 saturated carbocycles. The molecule has 2 N–H and O–H groups in total. The molecule has 4 heteroatoms. The summed E-state index contributed by atoms with van der Waals surface area (Å²) in [4.78, 5) is 9.49. The highest BCUT2D eigenvalue weighted by Gasteiger charge is 2.16. The molecule has 4 nitrogen and oxygen atoms in total. The quantitative estimate of drug-likeness (QED) is 0.768. The van der Waals surface area contributed by atoms with Crippen LogP contribution in [0.3, 0.4) is 0 Å². The molecular formula is C12H19N3O. The lowest BCUT2D eigenvalue weighted by Crippen LogP contribution is -2.44. The first-order chi connectivity index (χ1) is 7.81. The molecular weight excluding hydrogens is 202 g/mol. The fourth-order valence-electron chi connectivity index (χ4n) is 2.08. The number of nitrogens with zero attached hydrogens (tertiary/aromatic N) is 2. The highest BCUT2D eigenvalue weighted by Crippen LogP contribution is 2.21. The SMILES string of the molecule is CN1CCN(c2ccccc2CON)CC1. The molecule has 0 bridgehead atoms. The predicted molar refractivity (Wildman–Crippen MR) is 65.1 cm³/mol. The first kappa shape index (κ1) is 11.4. The number of para-hydroxylation sites is 1. The van der Waals surface area contributed by atoms with Crippen LogP contribution in [0.15, 0.2) is 24.3 Å². The standard InChI is InChI=1S/C12H19N3O/c1-14-6-8-15(9-7-14)12-5-3-2-4-11(12)10-16-13/h2-5H,6-10,13H2,1H3. The topological polar surface area (TPSA) is 41.7 Å². The second-order valence-corrected chi connectivity index (χ2v) is 4.23. The number of hydrogen-bond acceptors (Lipinski definition) is 4. The van der Waals surface area contributed by atoms with Crippen molar-refractivity contribution in [2.75, 3.05) is 38.1 Å². The molecule has 1 fully saturated rings. The highest BCUT2D eigenvalue weighted by atomic mass is 16.6. The minimum Gasteiger partial charge on any atom is -0.369 e. The molecule has 0 spiro atoms. The van der Waals surface area contributed by atoms with E-state index in [0.717, 1.165) is 31.7 Å². The van der Waals surface area contributed by atoms with E-state index in [1.54, 1.807) is 0 Å². The Morgan fingerprint density at radius 2 is 1.88 bits per heavy atom. The smallest absolute Gasteiger partial charge is 0.0950 e. The van der Waals surface area contributed by atoms with E-state index in [2.05, 4.69) is 35.0 Å². The second kappa shape index (κ2) is 5.30. The molecule has 2 rings (SSSR count). The first-order valence-corrected chi connectivity index (χ1v) is 5.64. The normalized spacial score (nSPS) is 17.8. The summed E-state index contributed by atoms with van der Waals surface area (Å²) in [6, 6.07) is 8.29. The van der Waals surface area contributed by atoms with Crippen LogP contribution in [-0.2, 0) is 11.4 Å². The molecule has 1 aromatic rings. The zero-order valence-electron chi connectivity index (χ0n) is 9.72. The van der Waals surface area contributed by atoms with Gasteiger partial charge in [-0.1, -0.05) is 18.2 Å². The Hall–Kier alpha value is -1.10. The van der Waals surface area contributed by atoms with E-state index in [1.165, 1.54) is 5.69 Å². The summed E-state index contributed by atoms with van der Waals surface area (Å²) in [5.74, 6) is 5.15. The molecule has 1 heterocycles. The van der Waals surface area contributed by atoms with Crippen LogP contribution in [0.5, 0.6) is 0 Å². The zero-order chi connectivity index (χ0) is 11.4. The molecule has 88 valence electrons. The summed E-state index contributed by atoms with van der Waals surface area (Å²) >= 11 is 0. The van der Waals surface area contributed by atoms with Crippen molar-refractivity contribution in [3.63, 3.8) is 0 Å². The van der Waals surface area contributed by atoms with Crippen LogP contribution >= 0.6 is 0 Å². The third kappa shape index (κ3) is 2.52. The van der Waals surface area contributed by atoms with Crippen molar-refractivity contribution in [1.29, 1.82) is 0 Å². The predicted octanol–water partition coefficient (Wildman–Crippen LogP) is 0.829. The van der Waals surface area contributed by atoms with Gasteiger partial charge < -0.3 is 9.80 Å². The Kier molecular flexibility index (Phi) is 3.77. The van der Waals surface area contributed by atoms with E-state index >= 15 is 0 Å². The van der Waals surface area contributed by atoms with Crippen LogP contribution in [0, 0.1) is 0 Å². The molecule has 0 aliphatic carbocycles. The van der Waals surface area contributed by atoms with Crippen LogP contribution in [0.1, 0.15) is 5.56 Å². The molecule has 1 saturated heterocycles. The van der Waals surface area contributed by atoms with Gasteiger partial charge in [-0.05, 0) is 13.1 Å². The lowest BCUT2D eigenvalue weighted by molar-refractivity contribution is 0.124. The summed E-state index contributed by atoms with van der Waals surface area (Å²) < 4.78 is 0. The van der Waals surface area contributed by atoms with Gasteiger partial charge in [0.05, 0.1) is 6.61 Å². The Labute approximate surface area is 96.5 Å². The average molecular weight is 221 g/mol.